The normalized spacial score (nSPS) is 20.5. The van der Waals surface area contributed by atoms with E-state index in [0.717, 1.165) is 17.8 Å². The highest BCUT2D eigenvalue weighted by atomic mass is 16.2. The van der Waals surface area contributed by atoms with Crippen molar-refractivity contribution in [3.8, 4) is 0 Å². The first-order chi connectivity index (χ1) is 8.08. The number of hydrogen-bond acceptors (Lipinski definition) is 5. The molecule has 0 aromatic carbocycles. The Morgan fingerprint density at radius 1 is 1.53 bits per heavy atom. The molecule has 1 aromatic rings. The van der Waals surface area contributed by atoms with Crippen molar-refractivity contribution in [1.29, 1.82) is 0 Å². The van der Waals surface area contributed by atoms with Crippen molar-refractivity contribution in [1.82, 2.24) is 14.9 Å². The number of amides is 1. The Bertz CT molecular complexity index is 434. The molecule has 1 unspecified atom stereocenters. The van der Waals surface area contributed by atoms with Crippen LogP contribution < -0.4 is 11.1 Å². The molecule has 0 radical (unpaired) electrons. The van der Waals surface area contributed by atoms with E-state index in [4.69, 9.17) is 5.73 Å². The highest BCUT2D eigenvalue weighted by Gasteiger charge is 2.23. The average molecular weight is 235 g/mol. The number of carbonyl (C=O) groups is 1. The second-order valence-electron chi connectivity index (χ2n) is 4.39. The maximum absolute atomic E-state index is 11.4. The van der Waals surface area contributed by atoms with Crippen molar-refractivity contribution >= 4 is 17.5 Å². The number of hydrogen-bond donors (Lipinski definition) is 2. The van der Waals surface area contributed by atoms with Crippen LogP contribution in [0.2, 0.25) is 0 Å². The first-order valence-electron chi connectivity index (χ1n) is 5.65. The minimum absolute atomic E-state index is 0.196. The molecule has 0 bridgehead atoms. The smallest absolute Gasteiger partial charge is 0.222 e. The average Bonchev–Trinajstić information content (AvgIpc) is 2.30. The molecule has 2 heterocycles. The van der Waals surface area contributed by atoms with Gasteiger partial charge in [0.2, 0.25) is 5.91 Å². The first-order valence-corrected chi connectivity index (χ1v) is 5.65. The van der Waals surface area contributed by atoms with Gasteiger partial charge in [-0.15, -0.1) is 0 Å². The number of nitrogens with one attached hydrogen (secondary N) is 1. The van der Waals surface area contributed by atoms with Crippen molar-refractivity contribution in [2.75, 3.05) is 24.6 Å². The molecular weight excluding hydrogens is 218 g/mol. The second-order valence-corrected chi connectivity index (χ2v) is 4.39. The van der Waals surface area contributed by atoms with E-state index >= 15 is 0 Å². The lowest BCUT2D eigenvalue weighted by Gasteiger charge is -2.30. The van der Waals surface area contributed by atoms with E-state index in [-0.39, 0.29) is 11.9 Å². The van der Waals surface area contributed by atoms with Gasteiger partial charge in [0, 0.05) is 31.6 Å². The van der Waals surface area contributed by atoms with E-state index in [9.17, 15) is 4.79 Å². The summed E-state index contributed by atoms with van der Waals surface area (Å²) in [5, 5.41) is 3.32. The molecule has 1 aliphatic heterocycles. The number of nitrogens with zero attached hydrogens (tertiary/aromatic N) is 3. The van der Waals surface area contributed by atoms with Gasteiger partial charge in [-0.1, -0.05) is 0 Å². The number of nitrogen functional groups attached to an aromatic ring is 1. The van der Waals surface area contributed by atoms with Crippen LogP contribution >= 0.6 is 0 Å². The molecule has 1 aliphatic rings. The monoisotopic (exact) mass is 235 g/mol. The van der Waals surface area contributed by atoms with Gasteiger partial charge in [0.1, 0.15) is 18.0 Å². The van der Waals surface area contributed by atoms with Gasteiger partial charge >= 0.3 is 0 Å². The van der Waals surface area contributed by atoms with E-state index in [1.807, 2.05) is 14.0 Å². The summed E-state index contributed by atoms with van der Waals surface area (Å²) in [5.74, 6) is 1.44. The van der Waals surface area contributed by atoms with Gasteiger partial charge in [-0.05, 0) is 13.3 Å². The fraction of sp³-hybridized carbons (Fsp3) is 0.545. The van der Waals surface area contributed by atoms with Gasteiger partial charge < -0.3 is 16.0 Å². The molecule has 6 nitrogen and oxygen atoms in total. The Labute approximate surface area is 100 Å². The van der Waals surface area contributed by atoms with Crippen LogP contribution in [0.25, 0.3) is 0 Å². The van der Waals surface area contributed by atoms with Gasteiger partial charge in [-0.3, -0.25) is 4.79 Å². The summed E-state index contributed by atoms with van der Waals surface area (Å²) < 4.78 is 0. The van der Waals surface area contributed by atoms with Gasteiger partial charge in [-0.2, -0.15) is 0 Å². The molecule has 0 saturated carbocycles. The Morgan fingerprint density at radius 2 is 2.29 bits per heavy atom. The zero-order valence-electron chi connectivity index (χ0n) is 10.1. The molecule has 1 atom stereocenters. The number of likely N-dealkylation sites (N-methyl/N-ethyl adjacent to an activating group) is 1. The van der Waals surface area contributed by atoms with Crippen molar-refractivity contribution in [3.63, 3.8) is 0 Å². The molecule has 92 valence electrons. The van der Waals surface area contributed by atoms with E-state index in [0.29, 0.717) is 18.8 Å². The Balaban J connectivity index is 2.06. The summed E-state index contributed by atoms with van der Waals surface area (Å²) in [6.45, 7) is 2.58. The van der Waals surface area contributed by atoms with Crippen molar-refractivity contribution < 1.29 is 4.79 Å². The molecule has 1 saturated heterocycles. The largest absolute Gasteiger partial charge is 0.383 e. The standard InChI is InChI=1S/C11H17N5O/c1-7-10(12)13-6-14-11(7)15-8-3-4-9(17)16(2)5-8/h6,8H,3-5H2,1-2H3,(H3,12,13,14,15). The summed E-state index contributed by atoms with van der Waals surface area (Å²) in [6, 6.07) is 0.227. The topological polar surface area (TPSA) is 84.1 Å². The van der Waals surface area contributed by atoms with Gasteiger partial charge in [-0.25, -0.2) is 9.97 Å². The molecule has 1 fully saturated rings. The molecular formula is C11H17N5O. The van der Waals surface area contributed by atoms with Crippen LogP contribution in [0.4, 0.5) is 11.6 Å². The molecule has 1 amide bonds. The third-order valence-electron chi connectivity index (χ3n) is 3.09. The number of nitrogens with two attached hydrogens (primary N) is 1. The van der Waals surface area contributed by atoms with E-state index in [2.05, 4.69) is 15.3 Å². The number of piperidine rings is 1. The summed E-state index contributed by atoms with van der Waals surface area (Å²) in [7, 11) is 1.82. The van der Waals surface area contributed by atoms with Crippen molar-refractivity contribution in [3.05, 3.63) is 11.9 Å². The fourth-order valence-corrected chi connectivity index (χ4v) is 1.93. The van der Waals surface area contributed by atoms with Crippen LogP contribution in [0.15, 0.2) is 6.33 Å². The van der Waals surface area contributed by atoms with Crippen LogP contribution in [-0.2, 0) is 4.79 Å². The zero-order chi connectivity index (χ0) is 12.4. The predicted octanol–water partition coefficient (Wildman–Crippen LogP) is 0.400. The van der Waals surface area contributed by atoms with Gasteiger partial charge in [0.15, 0.2) is 0 Å². The molecule has 17 heavy (non-hydrogen) atoms. The number of anilines is 2. The van der Waals surface area contributed by atoms with Gasteiger partial charge in [0.05, 0.1) is 0 Å². The summed E-state index contributed by atoms with van der Waals surface area (Å²) in [6.07, 6.45) is 2.85. The third kappa shape index (κ3) is 2.46. The summed E-state index contributed by atoms with van der Waals surface area (Å²) >= 11 is 0. The molecule has 3 N–H and O–H groups in total. The Kier molecular flexibility index (Phi) is 3.12. The summed E-state index contributed by atoms with van der Waals surface area (Å²) in [5.41, 5.74) is 6.57. The maximum atomic E-state index is 11.4. The third-order valence-corrected chi connectivity index (χ3v) is 3.09. The number of likely N-dealkylation sites (tertiary alicyclic amines) is 1. The lowest BCUT2D eigenvalue weighted by Crippen LogP contribution is -2.43. The highest BCUT2D eigenvalue weighted by molar-refractivity contribution is 5.77. The number of carbonyl (C=O) groups excluding carboxylic acids is 1. The SMILES string of the molecule is Cc1c(N)ncnc1NC1CCC(=O)N(C)C1. The second kappa shape index (κ2) is 4.57. The van der Waals surface area contributed by atoms with Crippen LogP contribution in [0.1, 0.15) is 18.4 Å². The van der Waals surface area contributed by atoms with E-state index in [1.165, 1.54) is 6.33 Å². The van der Waals surface area contributed by atoms with E-state index in [1.54, 1.807) is 4.90 Å². The molecule has 6 heteroatoms. The minimum atomic E-state index is 0.196. The fourth-order valence-electron chi connectivity index (χ4n) is 1.93. The Hall–Kier alpha value is -1.85. The van der Waals surface area contributed by atoms with Crippen LogP contribution in [-0.4, -0.2) is 40.4 Å². The number of aromatic nitrogens is 2. The van der Waals surface area contributed by atoms with Crippen LogP contribution in [0.3, 0.4) is 0 Å². The minimum Gasteiger partial charge on any atom is -0.383 e. The van der Waals surface area contributed by atoms with Crippen molar-refractivity contribution in [2.24, 2.45) is 0 Å². The van der Waals surface area contributed by atoms with Crippen molar-refractivity contribution in [2.45, 2.75) is 25.8 Å². The predicted molar refractivity (Wildman–Crippen MR) is 65.5 cm³/mol. The highest BCUT2D eigenvalue weighted by Crippen LogP contribution is 2.19. The maximum Gasteiger partial charge on any atom is 0.222 e. The molecule has 2 rings (SSSR count). The zero-order valence-corrected chi connectivity index (χ0v) is 10.1. The Morgan fingerprint density at radius 3 is 3.00 bits per heavy atom. The summed E-state index contributed by atoms with van der Waals surface area (Å²) in [4.78, 5) is 21.2. The number of rotatable bonds is 2. The van der Waals surface area contributed by atoms with Crippen LogP contribution in [0, 0.1) is 6.92 Å². The van der Waals surface area contributed by atoms with Gasteiger partial charge in [0.25, 0.3) is 0 Å². The van der Waals surface area contributed by atoms with Crippen LogP contribution in [0.5, 0.6) is 0 Å². The first kappa shape index (κ1) is 11.6. The molecule has 0 aliphatic carbocycles. The lowest BCUT2D eigenvalue weighted by atomic mass is 10.1. The molecule has 1 aromatic heterocycles. The quantitative estimate of drug-likeness (QED) is 0.775. The van der Waals surface area contributed by atoms with E-state index < -0.39 is 0 Å². The molecule has 0 spiro atoms. The lowest BCUT2D eigenvalue weighted by molar-refractivity contribution is -0.132.